The first-order valence-electron chi connectivity index (χ1n) is 8.76. The van der Waals surface area contributed by atoms with Gasteiger partial charge in [0, 0.05) is 22.8 Å². The zero-order valence-corrected chi connectivity index (χ0v) is 15.6. The summed E-state index contributed by atoms with van der Waals surface area (Å²) in [6, 6.07) is 0. The second kappa shape index (κ2) is 6.21. The molecular weight excluding hydrogens is 288 g/mol. The van der Waals surface area contributed by atoms with Gasteiger partial charge in [0.15, 0.2) is 0 Å². The van der Waals surface area contributed by atoms with Crippen molar-refractivity contribution in [3.05, 3.63) is 17.1 Å². The molecule has 1 aromatic rings. The van der Waals surface area contributed by atoms with E-state index < -0.39 is 0 Å². The van der Waals surface area contributed by atoms with Crippen LogP contribution in [-0.2, 0) is 16.6 Å². The van der Waals surface area contributed by atoms with Gasteiger partial charge in [-0.2, -0.15) is 4.98 Å². The van der Waals surface area contributed by atoms with Crippen molar-refractivity contribution in [2.24, 2.45) is 11.3 Å². The maximum atomic E-state index is 12.4. The summed E-state index contributed by atoms with van der Waals surface area (Å²) in [4.78, 5) is 21.5. The molecule has 0 aliphatic heterocycles. The number of ether oxygens (including phenoxy) is 1. The molecule has 2 atom stereocenters. The molecule has 1 saturated carbocycles. The molecule has 0 aromatic carbocycles. The minimum Gasteiger partial charge on any atom is -0.481 e. The largest absolute Gasteiger partial charge is 0.481 e. The van der Waals surface area contributed by atoms with E-state index in [9.17, 15) is 4.79 Å². The average Bonchev–Trinajstić information content (AvgIpc) is 2.53. The lowest BCUT2D eigenvalue weighted by atomic mass is 9.51. The number of aryl methyl sites for hydroxylation is 1. The molecule has 0 amide bonds. The van der Waals surface area contributed by atoms with E-state index in [0.29, 0.717) is 24.0 Å². The molecule has 128 valence electrons. The Morgan fingerprint density at radius 3 is 2.39 bits per heavy atom. The number of rotatable bonds is 1. The van der Waals surface area contributed by atoms with Gasteiger partial charge in [0.25, 0.3) is 0 Å². The van der Waals surface area contributed by atoms with Crippen molar-refractivity contribution in [1.29, 1.82) is 0 Å². The predicted molar refractivity (Wildman–Crippen MR) is 91.9 cm³/mol. The maximum absolute atomic E-state index is 12.4. The number of fused-ring (bicyclic) bond motifs is 3. The molecule has 1 heterocycles. The van der Waals surface area contributed by atoms with Crippen molar-refractivity contribution in [3.8, 4) is 5.88 Å². The molecule has 4 heteroatoms. The van der Waals surface area contributed by atoms with Crippen molar-refractivity contribution in [2.75, 3.05) is 7.11 Å². The monoisotopic (exact) mass is 318 g/mol. The third-order valence-corrected chi connectivity index (χ3v) is 5.73. The van der Waals surface area contributed by atoms with Gasteiger partial charge in [0.2, 0.25) is 5.88 Å². The highest BCUT2D eigenvalue weighted by molar-refractivity contribution is 5.86. The zero-order valence-electron chi connectivity index (χ0n) is 15.6. The van der Waals surface area contributed by atoms with Crippen molar-refractivity contribution in [3.63, 3.8) is 0 Å². The van der Waals surface area contributed by atoms with Gasteiger partial charge < -0.3 is 4.74 Å². The number of aromatic nitrogens is 2. The number of methoxy groups -OCH3 is 1. The molecule has 4 nitrogen and oxygen atoms in total. The Morgan fingerprint density at radius 1 is 1.13 bits per heavy atom. The van der Waals surface area contributed by atoms with Crippen LogP contribution in [0.25, 0.3) is 0 Å². The molecular formula is C19H30N2O2. The second-order valence-electron chi connectivity index (χ2n) is 7.26. The number of ketones is 1. The first-order chi connectivity index (χ1) is 10.8. The highest BCUT2D eigenvalue weighted by Crippen LogP contribution is 2.55. The smallest absolute Gasteiger partial charge is 0.219 e. The number of nitrogens with zero attached hydrogens (tertiary/aromatic N) is 2. The summed E-state index contributed by atoms with van der Waals surface area (Å²) in [7, 11) is 1.67. The van der Waals surface area contributed by atoms with Crippen molar-refractivity contribution < 1.29 is 9.53 Å². The second-order valence-corrected chi connectivity index (χ2v) is 7.26. The fraction of sp³-hybridized carbons (Fsp3) is 0.737. The number of Topliss-reactive ketones (excluding diaryl/α,β-unsaturated/α-hetero) is 1. The first-order valence-corrected chi connectivity index (χ1v) is 8.76. The summed E-state index contributed by atoms with van der Waals surface area (Å²) in [5, 5.41) is 0. The lowest BCUT2D eigenvalue weighted by molar-refractivity contribution is -0.137. The van der Waals surface area contributed by atoms with Crippen LogP contribution >= 0.6 is 0 Å². The Labute approximate surface area is 140 Å². The molecule has 0 radical (unpaired) electrons. The highest BCUT2D eigenvalue weighted by atomic mass is 16.5. The number of hydrogen-bond donors (Lipinski definition) is 0. The Bertz CT molecular complexity index is 610. The zero-order chi connectivity index (χ0) is 17.4. The number of carbonyl (C=O) groups is 1. The molecule has 2 aliphatic rings. The van der Waals surface area contributed by atoms with Crippen LogP contribution in [0.5, 0.6) is 5.88 Å². The molecule has 23 heavy (non-hydrogen) atoms. The average molecular weight is 318 g/mol. The van der Waals surface area contributed by atoms with Crippen LogP contribution in [-0.4, -0.2) is 22.9 Å². The topological polar surface area (TPSA) is 52.1 Å². The fourth-order valence-corrected chi connectivity index (χ4v) is 4.55. The van der Waals surface area contributed by atoms with Crippen LogP contribution in [0.3, 0.4) is 0 Å². The van der Waals surface area contributed by atoms with Crippen molar-refractivity contribution >= 4 is 5.78 Å². The third kappa shape index (κ3) is 2.66. The van der Waals surface area contributed by atoms with Crippen LogP contribution in [0.2, 0.25) is 0 Å². The molecule has 0 saturated heterocycles. The van der Waals surface area contributed by atoms with E-state index in [1.807, 2.05) is 20.8 Å². The Kier molecular flexibility index (Phi) is 4.84. The van der Waals surface area contributed by atoms with Crippen LogP contribution < -0.4 is 4.74 Å². The molecule has 1 fully saturated rings. The maximum Gasteiger partial charge on any atom is 0.219 e. The minimum atomic E-state index is -0.267. The SMILES string of the molecule is CC.COc1nc(C)nc2c1CCC1C(C)(C)C(=O)CCC21C. The van der Waals surface area contributed by atoms with Crippen molar-refractivity contribution in [1.82, 2.24) is 9.97 Å². The summed E-state index contributed by atoms with van der Waals surface area (Å²) in [6.07, 6.45) is 3.43. The molecule has 3 rings (SSSR count). The van der Waals surface area contributed by atoms with Crippen LogP contribution in [0.4, 0.5) is 0 Å². The summed E-state index contributed by atoms with van der Waals surface area (Å²) < 4.78 is 5.47. The third-order valence-electron chi connectivity index (χ3n) is 5.73. The van der Waals surface area contributed by atoms with E-state index in [1.54, 1.807) is 7.11 Å². The van der Waals surface area contributed by atoms with Crippen LogP contribution in [0.1, 0.15) is 71.0 Å². The number of hydrogen-bond acceptors (Lipinski definition) is 4. The lowest BCUT2D eigenvalue weighted by Crippen LogP contribution is -2.52. The molecule has 0 spiro atoms. The summed E-state index contributed by atoms with van der Waals surface area (Å²) >= 11 is 0. The van der Waals surface area contributed by atoms with Gasteiger partial charge >= 0.3 is 0 Å². The summed E-state index contributed by atoms with van der Waals surface area (Å²) in [6.45, 7) is 12.4. The standard InChI is InChI=1S/C17H24N2O2.C2H6/c1-10-18-14-11(15(19-10)21-5)6-7-12-16(2,3)13(20)8-9-17(12,14)4;1-2/h12H,6-9H2,1-5H3;1-2H3. The van der Waals surface area contributed by atoms with Crippen LogP contribution in [0.15, 0.2) is 0 Å². The summed E-state index contributed by atoms with van der Waals surface area (Å²) in [5.41, 5.74) is 1.94. The van der Waals surface area contributed by atoms with Gasteiger partial charge in [-0.1, -0.05) is 34.6 Å². The van der Waals surface area contributed by atoms with Gasteiger partial charge in [-0.05, 0) is 32.1 Å². The lowest BCUT2D eigenvalue weighted by Gasteiger charge is -2.52. The van der Waals surface area contributed by atoms with E-state index in [-0.39, 0.29) is 10.8 Å². The van der Waals surface area contributed by atoms with E-state index in [4.69, 9.17) is 9.72 Å². The molecule has 0 N–H and O–H groups in total. The van der Waals surface area contributed by atoms with Gasteiger partial charge in [-0.25, -0.2) is 4.98 Å². The molecule has 1 aromatic heterocycles. The van der Waals surface area contributed by atoms with E-state index >= 15 is 0 Å². The van der Waals surface area contributed by atoms with Gasteiger partial charge in [0.05, 0.1) is 12.8 Å². The minimum absolute atomic E-state index is 0.0496. The Hall–Kier alpha value is -1.45. The fourth-order valence-electron chi connectivity index (χ4n) is 4.55. The number of carbonyl (C=O) groups excluding carboxylic acids is 1. The quantitative estimate of drug-likeness (QED) is 0.784. The Balaban J connectivity index is 0.000000924. The van der Waals surface area contributed by atoms with E-state index in [2.05, 4.69) is 25.8 Å². The molecule has 0 bridgehead atoms. The van der Waals surface area contributed by atoms with Gasteiger partial charge in [-0.3, -0.25) is 4.79 Å². The van der Waals surface area contributed by atoms with Gasteiger partial charge in [-0.15, -0.1) is 0 Å². The molecule has 2 unspecified atom stereocenters. The predicted octanol–water partition coefficient (Wildman–Crippen LogP) is 4.03. The normalized spacial score (nSPS) is 28.1. The highest BCUT2D eigenvalue weighted by Gasteiger charge is 2.54. The van der Waals surface area contributed by atoms with E-state index in [0.717, 1.165) is 36.3 Å². The summed E-state index contributed by atoms with van der Waals surface area (Å²) in [5.74, 6) is 2.21. The van der Waals surface area contributed by atoms with Crippen LogP contribution in [0, 0.1) is 18.3 Å². The Morgan fingerprint density at radius 2 is 1.78 bits per heavy atom. The van der Waals surface area contributed by atoms with Crippen molar-refractivity contribution in [2.45, 2.75) is 72.6 Å². The molecule has 2 aliphatic carbocycles. The van der Waals surface area contributed by atoms with E-state index in [1.165, 1.54) is 0 Å². The first kappa shape index (κ1) is 17.9. The van der Waals surface area contributed by atoms with Gasteiger partial charge in [0.1, 0.15) is 11.6 Å².